The van der Waals surface area contributed by atoms with Gasteiger partial charge in [0.1, 0.15) is 0 Å². The molecule has 4 nitrogen and oxygen atoms in total. The van der Waals surface area contributed by atoms with Gasteiger partial charge in [-0.3, -0.25) is 9.59 Å². The molecule has 0 saturated carbocycles. The molecule has 134 valence electrons. The van der Waals surface area contributed by atoms with Gasteiger partial charge in [0.05, 0.1) is 18.5 Å². The molecule has 1 aromatic carbocycles. The summed E-state index contributed by atoms with van der Waals surface area (Å²) in [6.45, 7) is 7.76. The van der Waals surface area contributed by atoms with Gasteiger partial charge >= 0.3 is 0 Å². The summed E-state index contributed by atoms with van der Waals surface area (Å²) in [5.74, 6) is 0.277. The lowest BCUT2D eigenvalue weighted by Crippen LogP contribution is -2.33. The predicted molar refractivity (Wildman–Crippen MR) is 103 cm³/mol. The molecule has 0 unspecified atom stereocenters. The highest BCUT2D eigenvalue weighted by Gasteiger charge is 2.19. The summed E-state index contributed by atoms with van der Waals surface area (Å²) in [6.07, 6.45) is 0.231. The highest BCUT2D eigenvalue weighted by molar-refractivity contribution is 7.10. The SMILES string of the molecule is CC(=O)N[C@H](CC(=O)N[C@@H](C)c1ccc(C(C)C)cc1)c1cccs1. The summed E-state index contributed by atoms with van der Waals surface area (Å²) in [5.41, 5.74) is 2.36. The molecule has 2 rings (SSSR count). The van der Waals surface area contributed by atoms with Crippen molar-refractivity contribution in [2.45, 2.75) is 52.1 Å². The Bertz CT molecular complexity index is 693. The number of hydrogen-bond donors (Lipinski definition) is 2. The predicted octanol–water partition coefficient (Wildman–Crippen LogP) is 4.32. The van der Waals surface area contributed by atoms with E-state index in [2.05, 4.69) is 48.7 Å². The number of carbonyl (C=O) groups is 2. The quantitative estimate of drug-likeness (QED) is 0.774. The van der Waals surface area contributed by atoms with Crippen LogP contribution < -0.4 is 10.6 Å². The zero-order chi connectivity index (χ0) is 18.4. The number of thiophene rings is 1. The third-order valence-electron chi connectivity index (χ3n) is 4.13. The Morgan fingerprint density at radius 2 is 1.64 bits per heavy atom. The van der Waals surface area contributed by atoms with Crippen molar-refractivity contribution in [3.63, 3.8) is 0 Å². The Morgan fingerprint density at radius 3 is 2.16 bits per heavy atom. The second kappa shape index (κ2) is 8.81. The van der Waals surface area contributed by atoms with Crippen molar-refractivity contribution >= 4 is 23.2 Å². The molecule has 0 saturated heterocycles. The molecule has 0 aliphatic rings. The van der Waals surface area contributed by atoms with Gasteiger partial charge in [-0.1, -0.05) is 44.2 Å². The van der Waals surface area contributed by atoms with Crippen LogP contribution in [0.15, 0.2) is 41.8 Å². The fourth-order valence-electron chi connectivity index (χ4n) is 2.70. The van der Waals surface area contributed by atoms with Gasteiger partial charge in [0, 0.05) is 11.8 Å². The molecule has 0 aliphatic heterocycles. The minimum absolute atomic E-state index is 0.0740. The van der Waals surface area contributed by atoms with E-state index in [1.54, 1.807) is 0 Å². The molecule has 25 heavy (non-hydrogen) atoms. The molecule has 2 N–H and O–H groups in total. The van der Waals surface area contributed by atoms with E-state index in [-0.39, 0.29) is 30.3 Å². The van der Waals surface area contributed by atoms with Crippen molar-refractivity contribution in [1.82, 2.24) is 10.6 Å². The summed E-state index contributed by atoms with van der Waals surface area (Å²) in [7, 11) is 0. The van der Waals surface area contributed by atoms with Crippen molar-refractivity contribution in [3.05, 3.63) is 57.8 Å². The molecule has 1 aromatic heterocycles. The van der Waals surface area contributed by atoms with E-state index < -0.39 is 0 Å². The summed E-state index contributed by atoms with van der Waals surface area (Å²) < 4.78 is 0. The van der Waals surface area contributed by atoms with E-state index in [4.69, 9.17) is 0 Å². The highest BCUT2D eigenvalue weighted by atomic mass is 32.1. The molecule has 0 bridgehead atoms. The first kappa shape index (κ1) is 19.2. The second-order valence-electron chi connectivity index (χ2n) is 6.58. The van der Waals surface area contributed by atoms with Crippen LogP contribution in [0, 0.1) is 0 Å². The third kappa shape index (κ3) is 5.71. The lowest BCUT2D eigenvalue weighted by Gasteiger charge is -2.19. The fourth-order valence-corrected chi connectivity index (χ4v) is 3.47. The van der Waals surface area contributed by atoms with E-state index in [1.165, 1.54) is 23.8 Å². The summed E-state index contributed by atoms with van der Waals surface area (Å²) >= 11 is 1.54. The largest absolute Gasteiger partial charge is 0.350 e. The zero-order valence-electron chi connectivity index (χ0n) is 15.2. The third-order valence-corrected chi connectivity index (χ3v) is 5.12. The number of hydrogen-bond acceptors (Lipinski definition) is 3. The van der Waals surface area contributed by atoms with Crippen LogP contribution in [-0.4, -0.2) is 11.8 Å². The average Bonchev–Trinajstić information content (AvgIpc) is 3.08. The van der Waals surface area contributed by atoms with Gasteiger partial charge < -0.3 is 10.6 Å². The molecule has 5 heteroatoms. The Morgan fingerprint density at radius 1 is 1.00 bits per heavy atom. The van der Waals surface area contributed by atoms with Gasteiger partial charge in [-0.2, -0.15) is 0 Å². The van der Waals surface area contributed by atoms with Crippen LogP contribution in [0.5, 0.6) is 0 Å². The van der Waals surface area contributed by atoms with E-state index >= 15 is 0 Å². The maximum Gasteiger partial charge on any atom is 0.222 e. The normalized spacial score (nSPS) is 13.3. The van der Waals surface area contributed by atoms with Crippen LogP contribution in [0.3, 0.4) is 0 Å². The van der Waals surface area contributed by atoms with E-state index in [1.807, 2.05) is 24.4 Å². The van der Waals surface area contributed by atoms with Gasteiger partial charge in [-0.05, 0) is 35.4 Å². The van der Waals surface area contributed by atoms with Crippen LogP contribution in [-0.2, 0) is 9.59 Å². The Balaban J connectivity index is 1.98. The lowest BCUT2D eigenvalue weighted by atomic mass is 9.99. The standard InChI is InChI=1S/C20H26N2O2S/c1-13(2)16-7-9-17(10-8-16)14(3)21-20(24)12-18(22-15(4)23)19-6-5-11-25-19/h5-11,13-14,18H,12H2,1-4H3,(H,21,24)(H,22,23)/t14-,18+/m0/s1. The Labute approximate surface area is 153 Å². The molecule has 0 spiro atoms. The average molecular weight is 359 g/mol. The number of amides is 2. The first-order valence-electron chi connectivity index (χ1n) is 8.56. The Hall–Kier alpha value is -2.14. The molecule has 0 fully saturated rings. The van der Waals surface area contributed by atoms with Crippen LogP contribution >= 0.6 is 11.3 Å². The molecule has 2 atom stereocenters. The van der Waals surface area contributed by atoms with Crippen molar-refractivity contribution in [3.8, 4) is 0 Å². The smallest absolute Gasteiger partial charge is 0.222 e. The van der Waals surface area contributed by atoms with Gasteiger partial charge in [0.25, 0.3) is 0 Å². The summed E-state index contributed by atoms with van der Waals surface area (Å²) in [5, 5.41) is 7.83. The van der Waals surface area contributed by atoms with Crippen molar-refractivity contribution in [2.24, 2.45) is 0 Å². The minimum atomic E-state index is -0.284. The van der Waals surface area contributed by atoms with Gasteiger partial charge in [0.15, 0.2) is 0 Å². The number of rotatable bonds is 7. The van der Waals surface area contributed by atoms with Gasteiger partial charge in [-0.25, -0.2) is 0 Å². The number of carbonyl (C=O) groups excluding carboxylic acids is 2. The number of benzene rings is 1. The highest BCUT2D eigenvalue weighted by Crippen LogP contribution is 2.23. The van der Waals surface area contributed by atoms with Gasteiger partial charge in [-0.15, -0.1) is 11.3 Å². The molecule has 2 aromatic rings. The first-order chi connectivity index (χ1) is 11.9. The molecule has 2 amide bonds. The second-order valence-corrected chi connectivity index (χ2v) is 7.56. The Kier molecular flexibility index (Phi) is 6.76. The van der Waals surface area contributed by atoms with Crippen LogP contribution in [0.25, 0.3) is 0 Å². The summed E-state index contributed by atoms with van der Waals surface area (Å²) in [6, 6.07) is 11.8. The molecular formula is C20H26N2O2S. The van der Waals surface area contributed by atoms with Crippen LogP contribution in [0.2, 0.25) is 0 Å². The maximum atomic E-state index is 12.4. The maximum absolute atomic E-state index is 12.4. The van der Waals surface area contributed by atoms with Gasteiger partial charge in [0.2, 0.25) is 11.8 Å². The van der Waals surface area contributed by atoms with Crippen molar-refractivity contribution in [2.75, 3.05) is 0 Å². The molecule has 1 heterocycles. The molecular weight excluding hydrogens is 332 g/mol. The van der Waals surface area contributed by atoms with Crippen LogP contribution in [0.4, 0.5) is 0 Å². The monoisotopic (exact) mass is 358 g/mol. The zero-order valence-corrected chi connectivity index (χ0v) is 16.0. The fraction of sp³-hybridized carbons (Fsp3) is 0.400. The van der Waals surface area contributed by atoms with Crippen molar-refractivity contribution in [1.29, 1.82) is 0 Å². The van der Waals surface area contributed by atoms with Crippen LogP contribution in [0.1, 0.15) is 68.1 Å². The minimum Gasteiger partial charge on any atom is -0.350 e. The van der Waals surface area contributed by atoms with E-state index in [0.717, 1.165) is 10.4 Å². The number of nitrogens with one attached hydrogen (secondary N) is 2. The lowest BCUT2D eigenvalue weighted by molar-refractivity contribution is -0.123. The molecule has 0 aliphatic carbocycles. The first-order valence-corrected chi connectivity index (χ1v) is 9.44. The summed E-state index contributed by atoms with van der Waals surface area (Å²) in [4.78, 5) is 24.8. The topological polar surface area (TPSA) is 58.2 Å². The van der Waals surface area contributed by atoms with E-state index in [0.29, 0.717) is 5.92 Å². The molecule has 0 radical (unpaired) electrons. The van der Waals surface area contributed by atoms with E-state index in [9.17, 15) is 9.59 Å². The van der Waals surface area contributed by atoms with Crippen molar-refractivity contribution < 1.29 is 9.59 Å².